The molecule has 128 valence electrons. The summed E-state index contributed by atoms with van der Waals surface area (Å²) in [5.41, 5.74) is 2.22. The van der Waals surface area contributed by atoms with Gasteiger partial charge in [0.25, 0.3) is 5.91 Å². The molecule has 1 fully saturated rings. The van der Waals surface area contributed by atoms with Gasteiger partial charge in [0.05, 0.1) is 5.69 Å². The monoisotopic (exact) mass is 401 g/mol. The maximum atomic E-state index is 12.5. The lowest BCUT2D eigenvalue weighted by Gasteiger charge is -2.17. The second-order valence-electron chi connectivity index (χ2n) is 5.76. The van der Waals surface area contributed by atoms with E-state index < -0.39 is 6.03 Å². The van der Waals surface area contributed by atoms with E-state index in [1.54, 1.807) is 36.4 Å². The van der Waals surface area contributed by atoms with Crippen LogP contribution >= 0.6 is 15.9 Å². The number of aryl methyl sites for hydroxylation is 1. The van der Waals surface area contributed by atoms with E-state index >= 15 is 0 Å². The molecule has 2 aromatic carbocycles. The second-order valence-corrected chi connectivity index (χ2v) is 6.67. The van der Waals surface area contributed by atoms with Gasteiger partial charge in [-0.25, -0.2) is 9.69 Å². The predicted molar refractivity (Wildman–Crippen MR) is 98.4 cm³/mol. The number of anilines is 2. The zero-order valence-corrected chi connectivity index (χ0v) is 15.1. The minimum absolute atomic E-state index is 0.115. The minimum atomic E-state index is -0.494. The number of hydrogen-bond donors (Lipinski definition) is 1. The molecule has 4 amide bonds. The Morgan fingerprint density at radius 2 is 1.72 bits per heavy atom. The smallest absolute Gasteiger partial charge is 0.325 e. The van der Waals surface area contributed by atoms with Crippen LogP contribution in [0.2, 0.25) is 0 Å². The van der Waals surface area contributed by atoms with Crippen LogP contribution in [0.15, 0.2) is 53.0 Å². The summed E-state index contributed by atoms with van der Waals surface area (Å²) < 4.78 is 0.852. The Morgan fingerprint density at radius 3 is 2.36 bits per heavy atom. The molecule has 0 atom stereocenters. The van der Waals surface area contributed by atoms with Crippen molar-refractivity contribution in [3.8, 4) is 0 Å². The van der Waals surface area contributed by atoms with E-state index in [1.807, 2.05) is 19.1 Å². The number of benzene rings is 2. The molecule has 6 nitrogen and oxygen atoms in total. The van der Waals surface area contributed by atoms with E-state index in [1.165, 1.54) is 4.90 Å². The number of amides is 4. The summed E-state index contributed by atoms with van der Waals surface area (Å²) >= 11 is 3.31. The van der Waals surface area contributed by atoms with Crippen molar-refractivity contribution >= 4 is 45.2 Å². The van der Waals surface area contributed by atoms with Crippen molar-refractivity contribution in [3.63, 3.8) is 0 Å². The molecule has 1 N–H and O–H groups in total. The van der Waals surface area contributed by atoms with Crippen LogP contribution < -0.4 is 10.2 Å². The molecular weight excluding hydrogens is 386 g/mol. The number of hydrogen-bond acceptors (Lipinski definition) is 3. The van der Waals surface area contributed by atoms with Crippen LogP contribution in [0.4, 0.5) is 16.2 Å². The molecule has 1 aliphatic heterocycles. The first-order valence-corrected chi connectivity index (χ1v) is 8.47. The first kappa shape index (κ1) is 17.2. The number of carbonyl (C=O) groups is 3. The number of halogens is 1. The minimum Gasteiger partial charge on any atom is -0.325 e. The number of carbonyl (C=O) groups excluding carboxylic acids is 3. The third-order valence-corrected chi connectivity index (χ3v) is 4.32. The van der Waals surface area contributed by atoms with Crippen LogP contribution in [0.5, 0.6) is 0 Å². The highest BCUT2D eigenvalue weighted by Gasteiger charge is 2.37. The van der Waals surface area contributed by atoms with E-state index in [2.05, 4.69) is 21.2 Å². The molecule has 1 saturated heterocycles. The van der Waals surface area contributed by atoms with Gasteiger partial charge in [-0.15, -0.1) is 0 Å². The molecule has 0 bridgehead atoms. The van der Waals surface area contributed by atoms with Gasteiger partial charge in [0.2, 0.25) is 5.91 Å². The fourth-order valence-electron chi connectivity index (χ4n) is 2.53. The van der Waals surface area contributed by atoms with Crippen molar-refractivity contribution in [3.05, 3.63) is 58.6 Å². The molecule has 25 heavy (non-hydrogen) atoms. The van der Waals surface area contributed by atoms with E-state index in [4.69, 9.17) is 0 Å². The summed E-state index contributed by atoms with van der Waals surface area (Å²) in [5.74, 6) is -0.696. The van der Waals surface area contributed by atoms with Crippen LogP contribution in [-0.2, 0) is 9.59 Å². The van der Waals surface area contributed by atoms with Gasteiger partial charge >= 0.3 is 6.03 Å². The maximum absolute atomic E-state index is 12.5. The third-order valence-electron chi connectivity index (χ3n) is 3.79. The normalized spacial score (nSPS) is 14.2. The summed E-state index contributed by atoms with van der Waals surface area (Å²) in [6.07, 6.45) is 0. The standard InChI is InChI=1S/C18H16BrN3O3/c1-12-2-6-14(7-3-12)20-16(23)10-21-11-17(24)22(18(21)25)15-8-4-13(19)5-9-15/h2-9H,10-11H2,1H3,(H,20,23). The summed E-state index contributed by atoms with van der Waals surface area (Å²) in [6.45, 7) is 1.67. The molecule has 0 spiro atoms. The van der Waals surface area contributed by atoms with Gasteiger partial charge in [0.1, 0.15) is 13.1 Å². The van der Waals surface area contributed by atoms with Crippen LogP contribution in [-0.4, -0.2) is 35.8 Å². The van der Waals surface area contributed by atoms with Crippen molar-refractivity contribution in [1.82, 2.24) is 4.90 Å². The van der Waals surface area contributed by atoms with Crippen LogP contribution in [0.25, 0.3) is 0 Å². The highest BCUT2D eigenvalue weighted by Crippen LogP contribution is 2.23. The number of imide groups is 1. The second kappa shape index (κ2) is 7.06. The van der Waals surface area contributed by atoms with E-state index in [0.29, 0.717) is 11.4 Å². The van der Waals surface area contributed by atoms with Gasteiger partial charge in [-0.2, -0.15) is 0 Å². The number of urea groups is 1. The number of nitrogens with one attached hydrogen (secondary N) is 1. The molecular formula is C18H16BrN3O3. The Kier molecular flexibility index (Phi) is 4.85. The zero-order chi connectivity index (χ0) is 18.0. The maximum Gasteiger partial charge on any atom is 0.332 e. The Bertz CT molecular complexity index is 818. The van der Waals surface area contributed by atoms with E-state index in [0.717, 1.165) is 14.9 Å². The number of nitrogens with zero attached hydrogens (tertiary/aromatic N) is 2. The average molecular weight is 402 g/mol. The molecule has 1 aliphatic rings. The molecule has 0 radical (unpaired) electrons. The van der Waals surface area contributed by atoms with Crippen LogP contribution in [0.3, 0.4) is 0 Å². The fourth-order valence-corrected chi connectivity index (χ4v) is 2.79. The molecule has 2 aromatic rings. The van der Waals surface area contributed by atoms with Crippen LogP contribution in [0, 0.1) is 6.92 Å². The van der Waals surface area contributed by atoms with Gasteiger partial charge in [-0.1, -0.05) is 33.6 Å². The molecule has 0 unspecified atom stereocenters. The number of rotatable bonds is 4. The Hall–Kier alpha value is -2.67. The Labute approximate surface area is 153 Å². The highest BCUT2D eigenvalue weighted by atomic mass is 79.9. The molecule has 0 aromatic heterocycles. The van der Waals surface area contributed by atoms with Gasteiger partial charge in [-0.3, -0.25) is 9.59 Å². The summed E-state index contributed by atoms with van der Waals surface area (Å²) in [7, 11) is 0. The fraction of sp³-hybridized carbons (Fsp3) is 0.167. The van der Waals surface area contributed by atoms with Crippen molar-refractivity contribution in [2.24, 2.45) is 0 Å². The van der Waals surface area contributed by atoms with Gasteiger partial charge < -0.3 is 10.2 Å². The lowest BCUT2D eigenvalue weighted by molar-refractivity contribution is -0.118. The van der Waals surface area contributed by atoms with E-state index in [-0.39, 0.29) is 24.9 Å². The van der Waals surface area contributed by atoms with Crippen LogP contribution in [0.1, 0.15) is 5.56 Å². The van der Waals surface area contributed by atoms with Gasteiger partial charge in [0.15, 0.2) is 0 Å². The molecule has 0 saturated carbocycles. The first-order chi connectivity index (χ1) is 11.9. The van der Waals surface area contributed by atoms with Crippen molar-refractivity contribution < 1.29 is 14.4 Å². The highest BCUT2D eigenvalue weighted by molar-refractivity contribution is 9.10. The van der Waals surface area contributed by atoms with Crippen molar-refractivity contribution in [1.29, 1.82) is 0 Å². The van der Waals surface area contributed by atoms with Crippen molar-refractivity contribution in [2.45, 2.75) is 6.92 Å². The average Bonchev–Trinajstić information content (AvgIpc) is 2.84. The summed E-state index contributed by atoms with van der Waals surface area (Å²) in [6, 6.07) is 13.7. The SMILES string of the molecule is Cc1ccc(NC(=O)CN2CC(=O)N(c3ccc(Br)cc3)C2=O)cc1. The largest absolute Gasteiger partial charge is 0.332 e. The molecule has 1 heterocycles. The lowest BCUT2D eigenvalue weighted by Crippen LogP contribution is -2.37. The molecule has 0 aliphatic carbocycles. The topological polar surface area (TPSA) is 69.7 Å². The molecule has 7 heteroatoms. The van der Waals surface area contributed by atoms with Gasteiger partial charge in [0, 0.05) is 10.2 Å². The Morgan fingerprint density at radius 1 is 1.08 bits per heavy atom. The predicted octanol–water partition coefficient (Wildman–Crippen LogP) is 3.16. The van der Waals surface area contributed by atoms with Gasteiger partial charge in [-0.05, 0) is 43.3 Å². The quantitative estimate of drug-likeness (QED) is 0.799. The molecule has 3 rings (SSSR count). The zero-order valence-electron chi connectivity index (χ0n) is 13.5. The lowest BCUT2D eigenvalue weighted by atomic mass is 10.2. The third kappa shape index (κ3) is 3.88. The first-order valence-electron chi connectivity index (χ1n) is 7.68. The van der Waals surface area contributed by atoms with E-state index in [9.17, 15) is 14.4 Å². The Balaban J connectivity index is 1.66. The summed E-state index contributed by atoms with van der Waals surface area (Å²) in [5, 5.41) is 2.72. The van der Waals surface area contributed by atoms with Crippen molar-refractivity contribution in [2.75, 3.05) is 23.3 Å². The summed E-state index contributed by atoms with van der Waals surface area (Å²) in [4.78, 5) is 39.1.